The fourth-order valence-electron chi connectivity index (χ4n) is 1.82. The third-order valence-corrected chi connectivity index (χ3v) is 3.23. The molecule has 0 saturated heterocycles. The number of nitrogens with zero attached hydrogens (tertiary/aromatic N) is 2. The van der Waals surface area contributed by atoms with Crippen LogP contribution in [-0.4, -0.2) is 15.2 Å². The van der Waals surface area contributed by atoms with E-state index >= 15 is 0 Å². The van der Waals surface area contributed by atoms with Gasteiger partial charge in [-0.05, 0) is 36.4 Å². The number of halogens is 2. The molecule has 0 saturated carbocycles. The molecule has 0 fully saturated rings. The number of rotatable bonds is 2. The van der Waals surface area contributed by atoms with Crippen LogP contribution in [0.2, 0.25) is 10.0 Å². The standard InChI is InChI=1S/C14H8Cl2N2O/c15-10-3-1-9(2-4-10)14(19)12-8-18-7-11(16)5-6-13(18)17-12/h1-8H. The van der Waals surface area contributed by atoms with Crippen LogP contribution >= 0.6 is 23.2 Å². The number of hydrogen-bond donors (Lipinski definition) is 0. The second kappa shape index (κ2) is 4.68. The van der Waals surface area contributed by atoms with E-state index in [1.165, 1.54) is 0 Å². The average Bonchev–Trinajstić information content (AvgIpc) is 2.81. The zero-order chi connectivity index (χ0) is 13.4. The molecular weight excluding hydrogens is 283 g/mol. The minimum atomic E-state index is -0.142. The first kappa shape index (κ1) is 12.2. The van der Waals surface area contributed by atoms with Crippen molar-refractivity contribution in [3.8, 4) is 0 Å². The number of benzene rings is 1. The molecule has 0 aliphatic rings. The summed E-state index contributed by atoms with van der Waals surface area (Å²) < 4.78 is 1.73. The number of carbonyl (C=O) groups is 1. The molecule has 3 aromatic rings. The highest BCUT2D eigenvalue weighted by Crippen LogP contribution is 2.16. The Labute approximate surface area is 119 Å². The lowest BCUT2D eigenvalue weighted by Gasteiger charge is -1.96. The van der Waals surface area contributed by atoms with E-state index < -0.39 is 0 Å². The Bertz CT molecular complexity index is 763. The van der Waals surface area contributed by atoms with Gasteiger partial charge in [0.05, 0.1) is 5.02 Å². The molecule has 0 radical (unpaired) electrons. The van der Waals surface area contributed by atoms with E-state index in [9.17, 15) is 4.79 Å². The smallest absolute Gasteiger partial charge is 0.212 e. The maximum Gasteiger partial charge on any atom is 0.212 e. The van der Waals surface area contributed by atoms with Gasteiger partial charge in [-0.1, -0.05) is 23.2 Å². The van der Waals surface area contributed by atoms with E-state index in [1.54, 1.807) is 53.2 Å². The molecule has 2 aromatic heterocycles. The first-order valence-electron chi connectivity index (χ1n) is 5.58. The molecule has 94 valence electrons. The zero-order valence-corrected chi connectivity index (χ0v) is 11.2. The fourth-order valence-corrected chi connectivity index (χ4v) is 2.12. The van der Waals surface area contributed by atoms with Gasteiger partial charge in [-0.2, -0.15) is 0 Å². The van der Waals surface area contributed by atoms with Crippen molar-refractivity contribution in [2.24, 2.45) is 0 Å². The van der Waals surface area contributed by atoms with E-state index in [0.29, 0.717) is 26.9 Å². The molecule has 19 heavy (non-hydrogen) atoms. The molecule has 0 aliphatic carbocycles. The number of ketones is 1. The van der Waals surface area contributed by atoms with Crippen LogP contribution < -0.4 is 0 Å². The lowest BCUT2D eigenvalue weighted by atomic mass is 10.1. The van der Waals surface area contributed by atoms with Gasteiger partial charge in [0.15, 0.2) is 0 Å². The molecule has 5 heteroatoms. The highest BCUT2D eigenvalue weighted by Gasteiger charge is 2.13. The van der Waals surface area contributed by atoms with E-state index in [4.69, 9.17) is 23.2 Å². The van der Waals surface area contributed by atoms with Crippen molar-refractivity contribution in [2.75, 3.05) is 0 Å². The Balaban J connectivity index is 2.04. The van der Waals surface area contributed by atoms with Gasteiger partial charge < -0.3 is 4.40 Å². The molecule has 0 N–H and O–H groups in total. The maximum absolute atomic E-state index is 12.3. The summed E-state index contributed by atoms with van der Waals surface area (Å²) in [6.45, 7) is 0. The van der Waals surface area contributed by atoms with Gasteiger partial charge in [-0.15, -0.1) is 0 Å². The van der Waals surface area contributed by atoms with Crippen molar-refractivity contribution >= 4 is 34.6 Å². The highest BCUT2D eigenvalue weighted by molar-refractivity contribution is 6.31. The Morgan fingerprint density at radius 3 is 2.37 bits per heavy atom. The number of fused-ring (bicyclic) bond motifs is 1. The Morgan fingerprint density at radius 1 is 0.947 bits per heavy atom. The number of carbonyl (C=O) groups excluding carboxylic acids is 1. The topological polar surface area (TPSA) is 34.4 Å². The van der Waals surface area contributed by atoms with E-state index in [1.807, 2.05) is 0 Å². The molecule has 3 nitrogen and oxygen atoms in total. The molecular formula is C14H8Cl2N2O. The molecule has 2 heterocycles. The van der Waals surface area contributed by atoms with Crippen molar-refractivity contribution in [3.63, 3.8) is 0 Å². The van der Waals surface area contributed by atoms with Crippen molar-refractivity contribution in [1.29, 1.82) is 0 Å². The molecule has 0 aliphatic heterocycles. The molecule has 0 amide bonds. The lowest BCUT2D eigenvalue weighted by Crippen LogP contribution is -2.01. The summed E-state index contributed by atoms with van der Waals surface area (Å²) in [7, 11) is 0. The molecule has 3 rings (SSSR count). The first-order valence-corrected chi connectivity index (χ1v) is 6.33. The van der Waals surface area contributed by atoms with Gasteiger partial charge in [-0.25, -0.2) is 4.98 Å². The van der Waals surface area contributed by atoms with Crippen LogP contribution in [0.25, 0.3) is 5.65 Å². The molecule has 0 atom stereocenters. The van der Waals surface area contributed by atoms with E-state index in [2.05, 4.69) is 4.98 Å². The summed E-state index contributed by atoms with van der Waals surface area (Å²) in [5.74, 6) is -0.142. The van der Waals surface area contributed by atoms with Crippen LogP contribution in [0.15, 0.2) is 48.8 Å². The molecule has 1 aromatic carbocycles. The number of aromatic nitrogens is 2. The average molecular weight is 291 g/mol. The molecule has 0 unspecified atom stereocenters. The van der Waals surface area contributed by atoms with Gasteiger partial charge in [0.2, 0.25) is 5.78 Å². The summed E-state index contributed by atoms with van der Waals surface area (Å²) in [5.41, 5.74) is 1.62. The maximum atomic E-state index is 12.3. The van der Waals surface area contributed by atoms with Crippen LogP contribution in [0.3, 0.4) is 0 Å². The van der Waals surface area contributed by atoms with Crippen LogP contribution in [0.5, 0.6) is 0 Å². The Morgan fingerprint density at radius 2 is 1.63 bits per heavy atom. The summed E-state index contributed by atoms with van der Waals surface area (Å²) >= 11 is 11.7. The summed E-state index contributed by atoms with van der Waals surface area (Å²) in [6, 6.07) is 10.2. The minimum Gasteiger partial charge on any atom is -0.305 e. The van der Waals surface area contributed by atoms with Crippen LogP contribution in [0.4, 0.5) is 0 Å². The largest absolute Gasteiger partial charge is 0.305 e. The van der Waals surface area contributed by atoms with Gasteiger partial charge in [-0.3, -0.25) is 4.79 Å². The molecule has 0 spiro atoms. The summed E-state index contributed by atoms with van der Waals surface area (Å²) in [4.78, 5) is 16.5. The second-order valence-corrected chi connectivity index (χ2v) is 4.95. The van der Waals surface area contributed by atoms with Crippen LogP contribution in [-0.2, 0) is 0 Å². The number of hydrogen-bond acceptors (Lipinski definition) is 2. The van der Waals surface area contributed by atoms with Crippen LogP contribution in [0, 0.1) is 0 Å². The van der Waals surface area contributed by atoms with Crippen molar-refractivity contribution in [3.05, 3.63) is 70.1 Å². The third-order valence-electron chi connectivity index (χ3n) is 2.75. The quantitative estimate of drug-likeness (QED) is 0.672. The zero-order valence-electron chi connectivity index (χ0n) is 9.68. The fraction of sp³-hybridized carbons (Fsp3) is 0. The SMILES string of the molecule is O=C(c1ccc(Cl)cc1)c1cn2cc(Cl)ccc2n1. The Kier molecular flexibility index (Phi) is 3.01. The first-order chi connectivity index (χ1) is 9.13. The van der Waals surface area contributed by atoms with Gasteiger partial charge in [0.1, 0.15) is 11.3 Å². The van der Waals surface area contributed by atoms with E-state index in [-0.39, 0.29) is 5.78 Å². The predicted molar refractivity (Wildman–Crippen MR) is 75.1 cm³/mol. The van der Waals surface area contributed by atoms with Crippen LogP contribution in [0.1, 0.15) is 16.1 Å². The lowest BCUT2D eigenvalue weighted by molar-refractivity contribution is 0.103. The van der Waals surface area contributed by atoms with Crippen molar-refractivity contribution in [1.82, 2.24) is 9.38 Å². The van der Waals surface area contributed by atoms with Gasteiger partial charge in [0, 0.05) is 23.0 Å². The number of imidazole rings is 1. The summed E-state index contributed by atoms with van der Waals surface area (Å²) in [5, 5.41) is 1.19. The third kappa shape index (κ3) is 2.35. The van der Waals surface area contributed by atoms with E-state index in [0.717, 1.165) is 0 Å². The van der Waals surface area contributed by atoms with Crippen molar-refractivity contribution < 1.29 is 4.79 Å². The predicted octanol–water partition coefficient (Wildman–Crippen LogP) is 3.87. The molecule has 0 bridgehead atoms. The summed E-state index contributed by atoms with van der Waals surface area (Å²) in [6.07, 6.45) is 3.38. The Hall–Kier alpha value is -1.84. The minimum absolute atomic E-state index is 0.142. The van der Waals surface area contributed by atoms with Gasteiger partial charge in [0.25, 0.3) is 0 Å². The highest BCUT2D eigenvalue weighted by atomic mass is 35.5. The monoisotopic (exact) mass is 290 g/mol. The van der Waals surface area contributed by atoms with Gasteiger partial charge >= 0.3 is 0 Å². The normalized spacial score (nSPS) is 10.8. The second-order valence-electron chi connectivity index (χ2n) is 4.07. The number of pyridine rings is 1. The van der Waals surface area contributed by atoms with Crippen molar-refractivity contribution in [2.45, 2.75) is 0 Å².